The van der Waals surface area contributed by atoms with Crippen LogP contribution in [-0.2, 0) is 4.79 Å². The number of carbonyl (C=O) groups is 1. The molecule has 1 aromatic rings. The minimum atomic E-state index is -0.753. The SMILES string of the molecule is CC(c1ccc(Br)o1)N1CCCN(CC(=O)O)CC1. The molecule has 19 heavy (non-hydrogen) atoms. The van der Waals surface area contributed by atoms with E-state index in [9.17, 15) is 4.79 Å². The molecule has 0 spiro atoms. The highest BCUT2D eigenvalue weighted by Gasteiger charge is 2.22. The summed E-state index contributed by atoms with van der Waals surface area (Å²) >= 11 is 3.32. The highest BCUT2D eigenvalue weighted by Crippen LogP contribution is 2.25. The summed E-state index contributed by atoms with van der Waals surface area (Å²) in [5, 5.41) is 8.84. The van der Waals surface area contributed by atoms with E-state index in [1.807, 2.05) is 17.0 Å². The number of nitrogens with zero attached hydrogens (tertiary/aromatic N) is 2. The Kier molecular flexibility index (Phi) is 5.01. The van der Waals surface area contributed by atoms with Crippen LogP contribution in [0.2, 0.25) is 0 Å². The van der Waals surface area contributed by atoms with Gasteiger partial charge in [-0.3, -0.25) is 14.6 Å². The third-order valence-corrected chi connectivity index (χ3v) is 3.96. The minimum Gasteiger partial charge on any atom is -0.480 e. The quantitative estimate of drug-likeness (QED) is 0.917. The number of carboxylic acids is 1. The Hall–Kier alpha value is -0.850. The van der Waals surface area contributed by atoms with E-state index >= 15 is 0 Å². The van der Waals surface area contributed by atoms with Crippen LogP contribution >= 0.6 is 15.9 Å². The van der Waals surface area contributed by atoms with Crippen LogP contribution in [0.1, 0.15) is 25.1 Å². The van der Waals surface area contributed by atoms with Crippen molar-refractivity contribution in [2.45, 2.75) is 19.4 Å². The fourth-order valence-electron chi connectivity index (χ4n) is 2.46. The van der Waals surface area contributed by atoms with E-state index in [0.717, 1.165) is 43.0 Å². The van der Waals surface area contributed by atoms with Gasteiger partial charge in [0, 0.05) is 26.2 Å². The van der Waals surface area contributed by atoms with Crippen molar-refractivity contribution in [1.29, 1.82) is 0 Å². The Morgan fingerprint density at radius 3 is 2.84 bits per heavy atom. The molecule has 1 aliphatic heterocycles. The van der Waals surface area contributed by atoms with E-state index < -0.39 is 5.97 Å². The monoisotopic (exact) mass is 330 g/mol. The average molecular weight is 331 g/mol. The molecule has 1 N–H and O–H groups in total. The summed E-state index contributed by atoms with van der Waals surface area (Å²) in [7, 11) is 0. The number of hydrogen-bond donors (Lipinski definition) is 1. The Morgan fingerprint density at radius 2 is 2.21 bits per heavy atom. The summed E-state index contributed by atoms with van der Waals surface area (Å²) in [5.74, 6) is 0.190. The van der Waals surface area contributed by atoms with Crippen LogP contribution < -0.4 is 0 Å². The zero-order chi connectivity index (χ0) is 13.8. The Morgan fingerprint density at radius 1 is 1.42 bits per heavy atom. The molecule has 1 atom stereocenters. The third kappa shape index (κ3) is 4.06. The van der Waals surface area contributed by atoms with Crippen molar-refractivity contribution < 1.29 is 14.3 Å². The van der Waals surface area contributed by atoms with Gasteiger partial charge in [0.2, 0.25) is 0 Å². The zero-order valence-corrected chi connectivity index (χ0v) is 12.6. The van der Waals surface area contributed by atoms with Crippen molar-refractivity contribution in [3.63, 3.8) is 0 Å². The number of aliphatic carboxylic acids is 1. The first-order valence-corrected chi connectivity index (χ1v) is 7.29. The fraction of sp³-hybridized carbons (Fsp3) is 0.615. The van der Waals surface area contributed by atoms with Gasteiger partial charge >= 0.3 is 5.97 Å². The number of rotatable bonds is 4. The molecule has 0 aromatic carbocycles. The second-order valence-corrected chi connectivity index (χ2v) is 5.66. The molecule has 106 valence electrons. The second kappa shape index (κ2) is 6.54. The average Bonchev–Trinajstić information content (AvgIpc) is 2.65. The number of halogens is 1. The van der Waals surface area contributed by atoms with Crippen molar-refractivity contribution in [2.75, 3.05) is 32.7 Å². The highest BCUT2D eigenvalue weighted by atomic mass is 79.9. The lowest BCUT2D eigenvalue weighted by molar-refractivity contribution is -0.138. The molecule has 1 aromatic heterocycles. The summed E-state index contributed by atoms with van der Waals surface area (Å²) in [4.78, 5) is 15.1. The van der Waals surface area contributed by atoms with Gasteiger partial charge in [-0.05, 0) is 41.4 Å². The molecule has 1 unspecified atom stereocenters. The molecule has 1 fully saturated rings. The number of carboxylic acid groups (broad SMARTS) is 1. The molecule has 0 bridgehead atoms. The van der Waals surface area contributed by atoms with E-state index in [2.05, 4.69) is 27.8 Å². The maximum absolute atomic E-state index is 10.7. The molecule has 0 radical (unpaired) electrons. The van der Waals surface area contributed by atoms with Gasteiger partial charge in [-0.25, -0.2) is 0 Å². The van der Waals surface area contributed by atoms with Crippen LogP contribution in [0, 0.1) is 0 Å². The topological polar surface area (TPSA) is 56.9 Å². The molecular weight excluding hydrogens is 312 g/mol. The summed E-state index contributed by atoms with van der Waals surface area (Å²) < 4.78 is 6.34. The van der Waals surface area contributed by atoms with Crippen molar-refractivity contribution in [3.05, 3.63) is 22.6 Å². The summed E-state index contributed by atoms with van der Waals surface area (Å²) in [6, 6.07) is 4.10. The van der Waals surface area contributed by atoms with E-state index in [1.54, 1.807) is 0 Å². The predicted octanol–water partition coefficient (Wildman–Crippen LogP) is 2.20. The van der Waals surface area contributed by atoms with Gasteiger partial charge < -0.3 is 9.52 Å². The number of hydrogen-bond acceptors (Lipinski definition) is 4. The smallest absolute Gasteiger partial charge is 0.317 e. The molecular formula is C13H19BrN2O3. The fourth-order valence-corrected chi connectivity index (χ4v) is 2.78. The molecule has 0 aliphatic carbocycles. The van der Waals surface area contributed by atoms with Crippen LogP contribution in [0.5, 0.6) is 0 Å². The normalized spacial score (nSPS) is 20.1. The summed E-state index contributed by atoms with van der Waals surface area (Å²) in [6.07, 6.45) is 0.986. The van der Waals surface area contributed by atoms with Crippen molar-refractivity contribution in [2.24, 2.45) is 0 Å². The van der Waals surface area contributed by atoms with E-state index in [0.29, 0.717) is 0 Å². The van der Waals surface area contributed by atoms with Gasteiger partial charge in [0.05, 0.1) is 12.6 Å². The maximum atomic E-state index is 10.7. The number of furan rings is 1. The van der Waals surface area contributed by atoms with Gasteiger partial charge in [-0.2, -0.15) is 0 Å². The predicted molar refractivity (Wildman–Crippen MR) is 75.1 cm³/mol. The van der Waals surface area contributed by atoms with Gasteiger partial charge in [-0.15, -0.1) is 0 Å². The van der Waals surface area contributed by atoms with Gasteiger partial charge in [0.25, 0.3) is 0 Å². The van der Waals surface area contributed by atoms with Gasteiger partial charge in [0.1, 0.15) is 5.76 Å². The zero-order valence-electron chi connectivity index (χ0n) is 11.0. The van der Waals surface area contributed by atoms with Crippen LogP contribution in [-0.4, -0.2) is 53.6 Å². The first kappa shape index (κ1) is 14.6. The summed E-state index contributed by atoms with van der Waals surface area (Å²) in [5.41, 5.74) is 0. The first-order valence-electron chi connectivity index (χ1n) is 6.49. The second-order valence-electron chi connectivity index (χ2n) is 4.88. The first-order chi connectivity index (χ1) is 9.06. The summed E-state index contributed by atoms with van der Waals surface area (Å²) in [6.45, 7) is 5.73. The molecule has 0 saturated carbocycles. The van der Waals surface area contributed by atoms with Crippen LogP contribution in [0.3, 0.4) is 0 Å². The molecule has 2 heterocycles. The molecule has 1 saturated heterocycles. The van der Waals surface area contributed by atoms with Crippen LogP contribution in [0.25, 0.3) is 0 Å². The van der Waals surface area contributed by atoms with E-state index in [1.165, 1.54) is 0 Å². The standard InChI is InChI=1S/C13H19BrN2O3/c1-10(11-3-4-12(14)19-11)16-6-2-5-15(7-8-16)9-13(17)18/h3-4,10H,2,5-9H2,1H3,(H,17,18). The molecule has 0 amide bonds. The Balaban J connectivity index is 1.93. The van der Waals surface area contributed by atoms with Gasteiger partial charge in [-0.1, -0.05) is 0 Å². The van der Waals surface area contributed by atoms with Crippen molar-refractivity contribution in [1.82, 2.24) is 9.80 Å². The molecule has 2 rings (SSSR count). The third-order valence-electron chi connectivity index (χ3n) is 3.54. The lowest BCUT2D eigenvalue weighted by Gasteiger charge is -2.26. The van der Waals surface area contributed by atoms with Crippen LogP contribution in [0.15, 0.2) is 21.2 Å². The van der Waals surface area contributed by atoms with Crippen molar-refractivity contribution >= 4 is 21.9 Å². The Labute approximate surface area is 121 Å². The van der Waals surface area contributed by atoms with Gasteiger partial charge in [0.15, 0.2) is 4.67 Å². The molecule has 6 heteroatoms. The largest absolute Gasteiger partial charge is 0.480 e. The molecule has 5 nitrogen and oxygen atoms in total. The lowest BCUT2D eigenvalue weighted by Crippen LogP contribution is -2.34. The Bertz CT molecular complexity index is 435. The lowest BCUT2D eigenvalue weighted by atomic mass is 10.2. The van der Waals surface area contributed by atoms with E-state index in [4.69, 9.17) is 9.52 Å². The minimum absolute atomic E-state index is 0.133. The van der Waals surface area contributed by atoms with Crippen LogP contribution in [0.4, 0.5) is 0 Å². The highest BCUT2D eigenvalue weighted by molar-refractivity contribution is 9.10. The molecule has 1 aliphatic rings. The van der Waals surface area contributed by atoms with Crippen molar-refractivity contribution in [3.8, 4) is 0 Å². The maximum Gasteiger partial charge on any atom is 0.317 e. The van der Waals surface area contributed by atoms with E-state index in [-0.39, 0.29) is 12.6 Å².